The highest BCUT2D eigenvalue weighted by atomic mass is 16.5. The molecule has 2 aromatic rings. The first-order valence-corrected chi connectivity index (χ1v) is 11.6. The molecule has 9 heteroatoms. The van der Waals surface area contributed by atoms with Crippen LogP contribution in [-0.2, 0) is 4.79 Å². The number of piperidine rings is 1. The van der Waals surface area contributed by atoms with E-state index in [-0.39, 0.29) is 11.9 Å². The van der Waals surface area contributed by atoms with Gasteiger partial charge in [0.15, 0.2) is 0 Å². The van der Waals surface area contributed by atoms with Crippen molar-refractivity contribution < 1.29 is 18.9 Å². The number of likely N-dealkylation sites (N-methyl/N-ethyl adjacent to an activating group) is 1. The molecule has 3 aliphatic heterocycles. The molecule has 0 spiro atoms. The van der Waals surface area contributed by atoms with Gasteiger partial charge in [-0.1, -0.05) is 17.5 Å². The molecular weight excluding hydrogens is 420 g/mol. The summed E-state index contributed by atoms with van der Waals surface area (Å²) in [6, 6.07) is 6.81. The van der Waals surface area contributed by atoms with E-state index in [0.29, 0.717) is 24.9 Å². The number of aromatic nitrogens is 2. The molecule has 0 N–H and O–H groups in total. The Kier molecular flexibility index (Phi) is 5.44. The molecule has 1 atom stereocenters. The molecular formula is C24H31N6O3+. The van der Waals surface area contributed by atoms with E-state index in [1.165, 1.54) is 29.1 Å². The van der Waals surface area contributed by atoms with Crippen LogP contribution >= 0.6 is 0 Å². The minimum atomic E-state index is -0.630. The molecule has 4 heterocycles. The number of ether oxygens (including phenoxy) is 1. The van der Waals surface area contributed by atoms with Gasteiger partial charge < -0.3 is 9.64 Å². The maximum absolute atomic E-state index is 13.6. The number of fused-ring (bicyclic) bond motifs is 3. The molecule has 5 rings (SSSR count). The van der Waals surface area contributed by atoms with Crippen LogP contribution in [0.4, 0.5) is 10.7 Å². The molecule has 1 aromatic carbocycles. The quantitative estimate of drug-likeness (QED) is 0.654. The van der Waals surface area contributed by atoms with Crippen molar-refractivity contribution in [2.45, 2.75) is 39.2 Å². The van der Waals surface area contributed by atoms with Gasteiger partial charge in [0.25, 0.3) is 5.91 Å². The minimum Gasteiger partial charge on any atom is -0.497 e. The number of amides is 3. The lowest BCUT2D eigenvalue weighted by atomic mass is 10.1. The number of likely N-dealkylation sites (tertiary alicyclic amines) is 1. The Labute approximate surface area is 193 Å². The molecule has 0 saturated carbocycles. The number of imidazole rings is 1. The summed E-state index contributed by atoms with van der Waals surface area (Å²) in [5.74, 6) is 1.66. The third kappa shape index (κ3) is 3.42. The van der Waals surface area contributed by atoms with E-state index < -0.39 is 6.04 Å². The highest BCUT2D eigenvalue weighted by Gasteiger charge is 2.54. The smallest absolute Gasteiger partial charge is 0.407 e. The zero-order chi connectivity index (χ0) is 23.3. The number of amidine groups is 1. The van der Waals surface area contributed by atoms with Gasteiger partial charge in [0.05, 0.1) is 7.11 Å². The second kappa shape index (κ2) is 8.30. The number of aliphatic imine (C=N–C) groups is 1. The Balaban J connectivity index is 1.51. The SMILES string of the molecule is COc1cccc(-n2c(C)c(C)[n+]3c2N=C2C3C(=O)N(CCN3CCCCC3)C(=O)N2C)c1. The van der Waals surface area contributed by atoms with Gasteiger partial charge in [-0.2, -0.15) is 4.57 Å². The van der Waals surface area contributed by atoms with Crippen molar-refractivity contribution in [3.05, 3.63) is 35.7 Å². The number of nitrogens with zero attached hydrogens (tertiary/aromatic N) is 6. The fourth-order valence-corrected chi connectivity index (χ4v) is 5.13. The van der Waals surface area contributed by atoms with E-state index in [0.717, 1.165) is 35.9 Å². The van der Waals surface area contributed by atoms with Gasteiger partial charge in [-0.3, -0.25) is 14.6 Å². The van der Waals surface area contributed by atoms with Crippen LogP contribution in [0.5, 0.6) is 5.75 Å². The van der Waals surface area contributed by atoms with Gasteiger partial charge in [0.1, 0.15) is 22.8 Å². The molecule has 2 saturated heterocycles. The standard InChI is InChI=1S/C24H31N6O3/c1-16-17(2)30-20-21(25-23(30)29(16)18-9-8-10-19(15-18)33-4)26(3)24(32)28(22(20)31)14-13-27-11-6-5-7-12-27/h8-10,15,20H,5-7,11-14H2,1-4H3/q+1. The Hall–Kier alpha value is -3.20. The summed E-state index contributed by atoms with van der Waals surface area (Å²) in [6.07, 6.45) is 3.61. The lowest BCUT2D eigenvalue weighted by Gasteiger charge is -2.35. The number of methoxy groups -OCH3 is 1. The second-order valence-corrected chi connectivity index (χ2v) is 8.98. The van der Waals surface area contributed by atoms with Gasteiger partial charge in [0, 0.05) is 26.2 Å². The fraction of sp³-hybridized carbons (Fsp3) is 0.500. The number of benzene rings is 1. The lowest BCUT2D eigenvalue weighted by Crippen LogP contribution is -2.64. The minimum absolute atomic E-state index is 0.205. The van der Waals surface area contributed by atoms with Crippen molar-refractivity contribution in [1.29, 1.82) is 0 Å². The fourth-order valence-electron chi connectivity index (χ4n) is 5.13. The first-order valence-electron chi connectivity index (χ1n) is 11.6. The van der Waals surface area contributed by atoms with E-state index in [9.17, 15) is 9.59 Å². The summed E-state index contributed by atoms with van der Waals surface area (Å²) >= 11 is 0. The number of carbonyl (C=O) groups is 2. The zero-order valence-electron chi connectivity index (χ0n) is 19.7. The number of carbonyl (C=O) groups excluding carboxylic acids is 2. The van der Waals surface area contributed by atoms with Crippen molar-refractivity contribution in [2.75, 3.05) is 40.3 Å². The molecule has 0 aliphatic carbocycles. The van der Waals surface area contributed by atoms with Crippen LogP contribution in [0, 0.1) is 13.8 Å². The van der Waals surface area contributed by atoms with Gasteiger partial charge in [-0.15, -0.1) is 0 Å². The van der Waals surface area contributed by atoms with Crippen molar-refractivity contribution in [2.24, 2.45) is 4.99 Å². The normalized spacial score (nSPS) is 20.7. The van der Waals surface area contributed by atoms with Gasteiger partial charge >= 0.3 is 12.0 Å². The maximum Gasteiger partial charge on any atom is 0.407 e. The first-order chi connectivity index (χ1) is 15.9. The number of urea groups is 1. The second-order valence-electron chi connectivity index (χ2n) is 8.98. The Morgan fingerprint density at radius 1 is 1.12 bits per heavy atom. The Bertz CT molecular complexity index is 1150. The topological polar surface area (TPSA) is 74.3 Å². The first kappa shape index (κ1) is 21.6. The molecule has 1 unspecified atom stereocenters. The van der Waals surface area contributed by atoms with E-state index in [4.69, 9.17) is 9.73 Å². The highest BCUT2D eigenvalue weighted by molar-refractivity contribution is 6.19. The molecule has 1 aromatic heterocycles. The summed E-state index contributed by atoms with van der Waals surface area (Å²) in [5.41, 5.74) is 2.84. The summed E-state index contributed by atoms with van der Waals surface area (Å²) in [6.45, 7) is 7.19. The average Bonchev–Trinajstić information content (AvgIpc) is 3.33. The molecule has 174 valence electrons. The van der Waals surface area contributed by atoms with E-state index in [1.54, 1.807) is 14.2 Å². The predicted molar refractivity (Wildman–Crippen MR) is 123 cm³/mol. The summed E-state index contributed by atoms with van der Waals surface area (Å²) < 4.78 is 9.38. The van der Waals surface area contributed by atoms with Crippen LogP contribution in [0.15, 0.2) is 29.3 Å². The Morgan fingerprint density at radius 3 is 2.61 bits per heavy atom. The monoisotopic (exact) mass is 451 g/mol. The van der Waals surface area contributed by atoms with Crippen LogP contribution in [-0.4, -0.2) is 77.4 Å². The summed E-state index contributed by atoms with van der Waals surface area (Å²) in [4.78, 5) is 36.8. The molecule has 0 radical (unpaired) electrons. The molecule has 0 bridgehead atoms. The van der Waals surface area contributed by atoms with Crippen molar-refractivity contribution in [3.8, 4) is 11.4 Å². The van der Waals surface area contributed by atoms with Crippen molar-refractivity contribution in [3.63, 3.8) is 0 Å². The zero-order valence-corrected chi connectivity index (χ0v) is 19.7. The van der Waals surface area contributed by atoms with Crippen molar-refractivity contribution in [1.82, 2.24) is 19.3 Å². The van der Waals surface area contributed by atoms with Gasteiger partial charge in [-0.25, -0.2) is 9.36 Å². The van der Waals surface area contributed by atoms with Crippen LogP contribution in [0.1, 0.15) is 36.7 Å². The largest absolute Gasteiger partial charge is 0.497 e. The van der Waals surface area contributed by atoms with E-state index >= 15 is 0 Å². The van der Waals surface area contributed by atoms with Crippen molar-refractivity contribution >= 4 is 23.7 Å². The number of imide groups is 1. The predicted octanol–water partition coefficient (Wildman–Crippen LogP) is 2.35. The third-order valence-electron chi connectivity index (χ3n) is 7.11. The van der Waals surface area contributed by atoms with Crippen LogP contribution in [0.3, 0.4) is 0 Å². The highest BCUT2D eigenvalue weighted by Crippen LogP contribution is 2.33. The number of rotatable bonds is 5. The average molecular weight is 452 g/mol. The molecule has 2 fully saturated rings. The Morgan fingerprint density at radius 2 is 1.88 bits per heavy atom. The maximum atomic E-state index is 13.6. The number of hydrogen-bond donors (Lipinski definition) is 0. The summed E-state index contributed by atoms with van der Waals surface area (Å²) in [7, 11) is 3.34. The third-order valence-corrected chi connectivity index (χ3v) is 7.11. The van der Waals surface area contributed by atoms with Crippen LogP contribution < -0.4 is 9.30 Å². The van der Waals surface area contributed by atoms with E-state index in [2.05, 4.69) is 4.90 Å². The lowest BCUT2D eigenvalue weighted by molar-refractivity contribution is -0.682. The molecule has 3 aliphatic rings. The van der Waals surface area contributed by atoms with Crippen LogP contribution in [0.2, 0.25) is 0 Å². The van der Waals surface area contributed by atoms with Crippen LogP contribution in [0.25, 0.3) is 5.69 Å². The summed E-state index contributed by atoms with van der Waals surface area (Å²) in [5, 5.41) is 0. The van der Waals surface area contributed by atoms with Gasteiger partial charge in [0.2, 0.25) is 11.9 Å². The molecule has 33 heavy (non-hydrogen) atoms. The number of hydrogen-bond acceptors (Lipinski definition) is 5. The molecule has 3 amide bonds. The van der Waals surface area contributed by atoms with Gasteiger partial charge in [-0.05, 0) is 51.9 Å². The molecule has 9 nitrogen and oxygen atoms in total. The van der Waals surface area contributed by atoms with E-state index in [1.807, 2.05) is 47.2 Å².